The maximum Gasteiger partial charge on any atom is 0.495 e. The van der Waals surface area contributed by atoms with E-state index in [-0.39, 0.29) is 5.04 Å². The Balaban J connectivity index is 2.30. The molecule has 0 amide bonds. The zero-order valence-electron chi connectivity index (χ0n) is 27.4. The van der Waals surface area contributed by atoms with Crippen LogP contribution >= 0.6 is 0 Å². The van der Waals surface area contributed by atoms with Gasteiger partial charge in [-0.15, -0.1) is 5.54 Å². The molecule has 1 saturated heterocycles. The third kappa shape index (κ3) is 5.94. The molecule has 1 aliphatic rings. The minimum atomic E-state index is -2.05. The van der Waals surface area contributed by atoms with Crippen LogP contribution in [-0.2, 0) is 9.31 Å². The second-order valence-corrected chi connectivity index (χ2v) is 25.3. The fraction of sp³-hybridized carbons (Fsp3) is 0.636. The highest BCUT2D eigenvalue weighted by Gasteiger charge is 2.52. The molecular formula is C33H53BO3Si2. The van der Waals surface area contributed by atoms with Gasteiger partial charge in [0.05, 0.1) is 11.2 Å². The summed E-state index contributed by atoms with van der Waals surface area (Å²) in [5.74, 6) is 4.63. The van der Waals surface area contributed by atoms with E-state index in [0.29, 0.717) is 16.6 Å². The van der Waals surface area contributed by atoms with Gasteiger partial charge in [0.15, 0.2) is 0 Å². The number of hydrogen-bond donors (Lipinski definition) is 0. The predicted octanol–water partition coefficient (Wildman–Crippen LogP) is 9.09. The van der Waals surface area contributed by atoms with Crippen LogP contribution < -0.4 is 9.89 Å². The molecule has 1 fully saturated rings. The van der Waals surface area contributed by atoms with Gasteiger partial charge in [-0.25, -0.2) is 0 Å². The molecule has 0 N–H and O–H groups in total. The summed E-state index contributed by atoms with van der Waals surface area (Å²) in [5.41, 5.74) is 6.87. The van der Waals surface area contributed by atoms with Crippen LogP contribution in [0.3, 0.4) is 0 Å². The Morgan fingerprint density at radius 3 is 1.82 bits per heavy atom. The molecule has 0 saturated carbocycles. The van der Waals surface area contributed by atoms with Crippen molar-refractivity contribution >= 4 is 39.7 Å². The number of benzene rings is 2. The highest BCUT2D eigenvalue weighted by molar-refractivity contribution is 6.90. The number of rotatable bonds is 6. The highest BCUT2D eigenvalue weighted by Crippen LogP contribution is 2.42. The summed E-state index contributed by atoms with van der Waals surface area (Å²) in [7, 11) is -4.44. The van der Waals surface area contributed by atoms with Crippen molar-refractivity contribution in [2.24, 2.45) is 0 Å². The first-order chi connectivity index (χ1) is 17.7. The maximum absolute atomic E-state index is 6.83. The molecule has 1 heterocycles. The zero-order chi connectivity index (χ0) is 29.8. The van der Waals surface area contributed by atoms with Gasteiger partial charge in [-0.05, 0) is 96.9 Å². The highest BCUT2D eigenvalue weighted by atomic mass is 28.4. The summed E-state index contributed by atoms with van der Waals surface area (Å²) >= 11 is 0. The molecular weight excluding hydrogens is 511 g/mol. The van der Waals surface area contributed by atoms with Gasteiger partial charge in [0.2, 0.25) is 8.32 Å². The molecule has 6 heteroatoms. The van der Waals surface area contributed by atoms with Gasteiger partial charge in [-0.2, -0.15) is 0 Å². The molecule has 39 heavy (non-hydrogen) atoms. The molecule has 2 aromatic carbocycles. The molecule has 2 aromatic rings. The van der Waals surface area contributed by atoms with Crippen molar-refractivity contribution in [1.29, 1.82) is 0 Å². The SMILES string of the molecule is CC(C)[Si](C#Cc1cccc2cc(O[Si](C)(C)C(C)(C)C)cc(B3OC(C)(C)C(C)(C)O3)c12)(C(C)C)C(C)C. The van der Waals surface area contributed by atoms with Crippen LogP contribution in [0.2, 0.25) is 34.8 Å². The minimum absolute atomic E-state index is 0.0955. The lowest BCUT2D eigenvalue weighted by Gasteiger charge is -2.38. The van der Waals surface area contributed by atoms with Crippen molar-refractivity contribution in [3.8, 4) is 17.2 Å². The average molecular weight is 565 g/mol. The lowest BCUT2D eigenvalue weighted by atomic mass is 9.75. The topological polar surface area (TPSA) is 27.7 Å². The van der Waals surface area contributed by atoms with Crippen LogP contribution in [-0.4, -0.2) is 34.7 Å². The molecule has 0 atom stereocenters. The third-order valence-electron chi connectivity index (χ3n) is 9.95. The molecule has 214 valence electrons. The Hall–Kier alpha value is -1.52. The van der Waals surface area contributed by atoms with Crippen molar-refractivity contribution in [3.05, 3.63) is 35.9 Å². The standard InChI is InChI=1S/C33H53BO3Si2/c1-23(2)39(24(3)4,25(5)6)20-19-26-17-16-18-27-21-28(35-38(14,15)31(7,8)9)22-29(30(26)27)34-36-32(10,11)33(12,13)37-34/h16-18,21-25H,1-15H3. The van der Waals surface area contributed by atoms with E-state index in [1.165, 1.54) is 0 Å². The lowest BCUT2D eigenvalue weighted by Crippen LogP contribution is -2.44. The Bertz CT molecular complexity index is 1220. The Morgan fingerprint density at radius 1 is 0.846 bits per heavy atom. The summed E-state index contributed by atoms with van der Waals surface area (Å²) < 4.78 is 20.1. The predicted molar refractivity (Wildman–Crippen MR) is 175 cm³/mol. The van der Waals surface area contributed by atoms with Crippen LogP contribution in [0.4, 0.5) is 0 Å². The van der Waals surface area contributed by atoms with E-state index in [0.717, 1.165) is 27.5 Å². The Morgan fingerprint density at radius 2 is 1.36 bits per heavy atom. The normalized spacial score (nSPS) is 17.7. The average Bonchev–Trinajstić information content (AvgIpc) is 2.98. The van der Waals surface area contributed by atoms with Crippen molar-refractivity contribution < 1.29 is 13.7 Å². The summed E-state index contributed by atoms with van der Waals surface area (Å²) in [6, 6.07) is 10.8. The van der Waals surface area contributed by atoms with Gasteiger partial charge < -0.3 is 13.7 Å². The van der Waals surface area contributed by atoms with Crippen LogP contribution in [0.15, 0.2) is 30.3 Å². The van der Waals surface area contributed by atoms with E-state index in [9.17, 15) is 0 Å². The van der Waals surface area contributed by atoms with Crippen molar-refractivity contribution in [2.45, 2.75) is 136 Å². The fourth-order valence-corrected chi connectivity index (χ4v) is 12.0. The smallest absolute Gasteiger partial charge is 0.495 e. The van der Waals surface area contributed by atoms with E-state index in [4.69, 9.17) is 13.7 Å². The molecule has 0 bridgehead atoms. The van der Waals surface area contributed by atoms with E-state index in [1.807, 2.05) is 0 Å². The monoisotopic (exact) mass is 564 g/mol. The van der Waals surface area contributed by atoms with Crippen molar-refractivity contribution in [3.63, 3.8) is 0 Å². The Kier molecular flexibility index (Phi) is 8.79. The van der Waals surface area contributed by atoms with E-state index >= 15 is 0 Å². The van der Waals surface area contributed by atoms with Crippen molar-refractivity contribution in [2.75, 3.05) is 0 Å². The molecule has 0 spiro atoms. The van der Waals surface area contributed by atoms with E-state index < -0.39 is 34.7 Å². The van der Waals surface area contributed by atoms with Crippen LogP contribution in [0.1, 0.15) is 95.6 Å². The summed E-state index contributed by atoms with van der Waals surface area (Å²) in [5, 5.41) is 2.33. The first kappa shape index (κ1) is 32.0. The number of hydrogen-bond acceptors (Lipinski definition) is 3. The molecule has 0 aromatic heterocycles. The molecule has 3 nitrogen and oxygen atoms in total. The van der Waals surface area contributed by atoms with Gasteiger partial charge in [0, 0.05) is 5.56 Å². The third-order valence-corrected chi connectivity index (χ3v) is 20.6. The summed E-state index contributed by atoms with van der Waals surface area (Å²) in [4.78, 5) is 0. The van der Waals surface area contributed by atoms with Gasteiger partial charge >= 0.3 is 7.12 Å². The van der Waals surface area contributed by atoms with Crippen molar-refractivity contribution in [1.82, 2.24) is 0 Å². The van der Waals surface area contributed by atoms with Crippen LogP contribution in [0.5, 0.6) is 5.75 Å². The van der Waals surface area contributed by atoms with Gasteiger partial charge in [0.25, 0.3) is 0 Å². The fourth-order valence-electron chi connectivity index (χ4n) is 5.81. The van der Waals surface area contributed by atoms with Gasteiger partial charge in [-0.3, -0.25) is 0 Å². The first-order valence-corrected chi connectivity index (χ1v) is 19.9. The summed E-state index contributed by atoms with van der Waals surface area (Å²) in [6.07, 6.45) is 0. The van der Waals surface area contributed by atoms with E-state index in [2.05, 4.69) is 145 Å². The molecule has 3 rings (SSSR count). The van der Waals surface area contributed by atoms with Crippen LogP contribution in [0, 0.1) is 11.5 Å². The van der Waals surface area contributed by atoms with E-state index in [1.54, 1.807) is 0 Å². The molecule has 1 aliphatic heterocycles. The maximum atomic E-state index is 6.83. The zero-order valence-corrected chi connectivity index (χ0v) is 29.4. The number of fused-ring (bicyclic) bond motifs is 1. The van der Waals surface area contributed by atoms with Gasteiger partial charge in [-0.1, -0.05) is 80.4 Å². The Labute approximate surface area is 242 Å². The van der Waals surface area contributed by atoms with Crippen LogP contribution in [0.25, 0.3) is 10.8 Å². The second kappa shape index (κ2) is 10.7. The minimum Gasteiger partial charge on any atom is -0.543 e. The second-order valence-electron chi connectivity index (χ2n) is 15.0. The molecule has 0 unspecified atom stereocenters. The first-order valence-electron chi connectivity index (χ1n) is 14.8. The summed E-state index contributed by atoms with van der Waals surface area (Å²) in [6.45, 7) is 34.0. The molecule has 0 aliphatic carbocycles. The largest absolute Gasteiger partial charge is 0.543 e. The van der Waals surface area contributed by atoms with Gasteiger partial charge in [0.1, 0.15) is 13.8 Å². The lowest BCUT2D eigenvalue weighted by molar-refractivity contribution is 0.00578. The molecule has 0 radical (unpaired) electrons. The quantitative estimate of drug-likeness (QED) is 0.259.